The summed E-state index contributed by atoms with van der Waals surface area (Å²) in [6, 6.07) is 0. The first kappa shape index (κ1) is 31.9. The van der Waals surface area contributed by atoms with Crippen LogP contribution in [-0.4, -0.2) is 46.0 Å². The van der Waals surface area contributed by atoms with Crippen LogP contribution in [0.15, 0.2) is 106 Å². The number of aliphatic hydroxyl groups is 1. The monoisotopic (exact) mass is 622 g/mol. The number of aliphatic hydroxyl groups excluding tert-OH is 1. The molecule has 5 aliphatic heterocycles. The van der Waals surface area contributed by atoms with E-state index in [0.717, 1.165) is 98.3 Å². The highest BCUT2D eigenvalue weighted by atomic mass is 16.5. The van der Waals surface area contributed by atoms with Crippen LogP contribution in [0.5, 0.6) is 0 Å². The van der Waals surface area contributed by atoms with Gasteiger partial charge in [-0.1, -0.05) is 33.1 Å². The Morgan fingerprint density at radius 1 is 1.00 bits per heavy atom. The SMILES string of the molecule is CCCCCCOC(C)C1=C(C)C2=NC1=CC1=NC(=CC3=C(C)C4=C(O)CC(=C5NC(=C2)CC5CCC(=O)O)C4=N3)C(CC)=C1C. The molecule has 8 heteroatoms. The molecule has 5 heterocycles. The molecule has 0 radical (unpaired) electrons. The van der Waals surface area contributed by atoms with Crippen molar-refractivity contribution >= 4 is 23.1 Å². The van der Waals surface area contributed by atoms with E-state index in [1.807, 2.05) is 13.0 Å². The average molecular weight is 623 g/mol. The first-order valence-electron chi connectivity index (χ1n) is 16.9. The molecule has 46 heavy (non-hydrogen) atoms. The largest absolute Gasteiger partial charge is 0.511 e. The van der Waals surface area contributed by atoms with Crippen LogP contribution in [0.25, 0.3) is 0 Å². The van der Waals surface area contributed by atoms with Crippen LogP contribution >= 0.6 is 0 Å². The summed E-state index contributed by atoms with van der Waals surface area (Å²) < 4.78 is 6.40. The van der Waals surface area contributed by atoms with Gasteiger partial charge in [-0.15, -0.1) is 0 Å². The molecule has 0 aromatic rings. The van der Waals surface area contributed by atoms with Crippen molar-refractivity contribution in [3.8, 4) is 0 Å². The van der Waals surface area contributed by atoms with Gasteiger partial charge in [-0.3, -0.25) is 4.79 Å². The highest BCUT2D eigenvalue weighted by molar-refractivity contribution is 6.21. The second-order valence-electron chi connectivity index (χ2n) is 13.1. The summed E-state index contributed by atoms with van der Waals surface area (Å²) in [5, 5.41) is 24.4. The van der Waals surface area contributed by atoms with Gasteiger partial charge in [-0.05, 0) is 93.9 Å². The van der Waals surface area contributed by atoms with Gasteiger partial charge in [0, 0.05) is 53.5 Å². The summed E-state index contributed by atoms with van der Waals surface area (Å²) in [4.78, 5) is 27.0. The van der Waals surface area contributed by atoms with Crippen LogP contribution in [-0.2, 0) is 9.53 Å². The summed E-state index contributed by atoms with van der Waals surface area (Å²) in [6.45, 7) is 13.4. The van der Waals surface area contributed by atoms with Crippen molar-refractivity contribution in [2.75, 3.05) is 6.61 Å². The predicted molar refractivity (Wildman–Crippen MR) is 184 cm³/mol. The van der Waals surface area contributed by atoms with Crippen molar-refractivity contribution in [2.24, 2.45) is 20.9 Å². The smallest absolute Gasteiger partial charge is 0.303 e. The molecule has 3 N–H and O–H groups in total. The summed E-state index contributed by atoms with van der Waals surface area (Å²) in [5.74, 6) is -0.538. The molecule has 2 atom stereocenters. The number of hydrogen-bond acceptors (Lipinski definition) is 7. The maximum Gasteiger partial charge on any atom is 0.303 e. The van der Waals surface area contributed by atoms with Gasteiger partial charge in [0.05, 0.1) is 40.3 Å². The number of rotatable bonds is 11. The fourth-order valence-electron chi connectivity index (χ4n) is 7.49. The van der Waals surface area contributed by atoms with Crippen molar-refractivity contribution in [3.05, 3.63) is 91.5 Å². The Morgan fingerprint density at radius 3 is 2.50 bits per heavy atom. The Morgan fingerprint density at radius 2 is 1.76 bits per heavy atom. The molecule has 8 bridgehead atoms. The van der Waals surface area contributed by atoms with Gasteiger partial charge in [0.25, 0.3) is 0 Å². The fraction of sp³-hybridized carbons (Fsp3) is 0.474. The van der Waals surface area contributed by atoms with Gasteiger partial charge in [0.2, 0.25) is 0 Å². The number of aliphatic carboxylic acids is 1. The van der Waals surface area contributed by atoms with E-state index >= 15 is 0 Å². The molecule has 8 nitrogen and oxygen atoms in total. The zero-order valence-electron chi connectivity index (χ0n) is 28.0. The Labute approximate surface area is 272 Å². The highest BCUT2D eigenvalue weighted by Crippen LogP contribution is 2.45. The lowest BCUT2D eigenvalue weighted by Crippen LogP contribution is -2.15. The second kappa shape index (κ2) is 13.0. The Balaban J connectivity index is 1.49. The summed E-state index contributed by atoms with van der Waals surface area (Å²) in [5.41, 5.74) is 14.2. The fourth-order valence-corrected chi connectivity index (χ4v) is 7.49. The minimum atomic E-state index is -0.814. The predicted octanol–water partition coefficient (Wildman–Crippen LogP) is 8.26. The molecule has 1 aliphatic carbocycles. The molecule has 6 aliphatic rings. The van der Waals surface area contributed by atoms with E-state index in [2.05, 4.69) is 52.1 Å². The van der Waals surface area contributed by atoms with E-state index in [0.29, 0.717) is 31.6 Å². The maximum absolute atomic E-state index is 11.6. The van der Waals surface area contributed by atoms with Crippen LogP contribution in [0.2, 0.25) is 0 Å². The van der Waals surface area contributed by atoms with Crippen LogP contribution in [0.4, 0.5) is 0 Å². The lowest BCUT2D eigenvalue weighted by molar-refractivity contribution is -0.137. The third kappa shape index (κ3) is 5.83. The quantitative estimate of drug-likeness (QED) is 0.201. The Hall–Kier alpha value is -4.04. The van der Waals surface area contributed by atoms with E-state index in [-0.39, 0.29) is 18.4 Å². The summed E-state index contributed by atoms with van der Waals surface area (Å²) in [7, 11) is 0. The van der Waals surface area contributed by atoms with Gasteiger partial charge < -0.3 is 20.3 Å². The molecule has 0 spiro atoms. The number of unbranched alkanes of at least 4 members (excludes halogenated alkanes) is 3. The molecule has 0 amide bonds. The number of fused-ring (bicyclic) bond motifs is 5. The lowest BCUT2D eigenvalue weighted by atomic mass is 9.93. The van der Waals surface area contributed by atoms with Gasteiger partial charge >= 0.3 is 5.97 Å². The number of allylic oxidation sites excluding steroid dienone is 11. The standard InChI is InChI=1S/C38H46N4O4/c1-7-9-10-11-14-46-23(6)35-21(4)28-16-25-15-24(12-13-34(44)45)37(39-25)27-17-33(43)36-22(5)30(42-38(27)36)18-31-26(8-2)20(3)29(40-31)19-32(35)41-28/h16,18-19,23-24,39,43H,7-15,17H2,1-6H3,(H,44,45). The molecular weight excluding hydrogens is 576 g/mol. The van der Waals surface area contributed by atoms with Crippen LogP contribution < -0.4 is 5.32 Å². The normalized spacial score (nSPS) is 22.8. The number of carbonyl (C=O) groups is 1. The van der Waals surface area contributed by atoms with Crippen molar-refractivity contribution in [2.45, 2.75) is 105 Å². The minimum absolute atomic E-state index is 0.0319. The zero-order chi connectivity index (χ0) is 32.7. The molecule has 0 saturated carbocycles. The highest BCUT2D eigenvalue weighted by Gasteiger charge is 2.39. The number of hydrogen-bond donors (Lipinski definition) is 3. The zero-order valence-corrected chi connectivity index (χ0v) is 28.0. The molecule has 2 unspecified atom stereocenters. The van der Waals surface area contributed by atoms with Crippen molar-refractivity contribution in [1.82, 2.24) is 5.32 Å². The lowest BCUT2D eigenvalue weighted by Gasteiger charge is -2.17. The van der Waals surface area contributed by atoms with E-state index in [9.17, 15) is 15.0 Å². The number of nitrogens with one attached hydrogen (secondary N) is 1. The summed E-state index contributed by atoms with van der Waals surface area (Å²) >= 11 is 0. The van der Waals surface area contributed by atoms with E-state index in [4.69, 9.17) is 19.7 Å². The van der Waals surface area contributed by atoms with Crippen LogP contribution in [0.1, 0.15) is 99.3 Å². The van der Waals surface area contributed by atoms with Gasteiger partial charge in [-0.25, -0.2) is 15.0 Å². The molecule has 0 aromatic heterocycles. The minimum Gasteiger partial charge on any atom is -0.511 e. The topological polar surface area (TPSA) is 116 Å². The third-order valence-corrected chi connectivity index (χ3v) is 10.0. The second-order valence-corrected chi connectivity index (χ2v) is 13.1. The van der Waals surface area contributed by atoms with Crippen molar-refractivity contribution < 1.29 is 19.7 Å². The van der Waals surface area contributed by atoms with Gasteiger partial charge in [0.15, 0.2) is 0 Å². The first-order chi connectivity index (χ1) is 22.1. The molecule has 242 valence electrons. The van der Waals surface area contributed by atoms with E-state index in [1.54, 1.807) is 0 Å². The van der Waals surface area contributed by atoms with Gasteiger partial charge in [-0.2, -0.15) is 0 Å². The first-order valence-corrected chi connectivity index (χ1v) is 16.9. The molecule has 1 fully saturated rings. The molecular formula is C38H46N4O4. The molecule has 1 saturated heterocycles. The van der Waals surface area contributed by atoms with Crippen LogP contribution in [0, 0.1) is 5.92 Å². The number of nitrogens with zero attached hydrogens (tertiary/aromatic N) is 3. The van der Waals surface area contributed by atoms with Crippen molar-refractivity contribution in [3.63, 3.8) is 0 Å². The number of carboxylic acids is 1. The number of carboxylic acid groups (broad SMARTS) is 1. The summed E-state index contributed by atoms with van der Waals surface area (Å²) in [6.07, 6.45) is 13.2. The Bertz CT molecular complexity index is 1730. The molecule has 0 aromatic carbocycles. The maximum atomic E-state index is 11.6. The van der Waals surface area contributed by atoms with Gasteiger partial charge in [0.1, 0.15) is 5.76 Å². The van der Waals surface area contributed by atoms with Crippen molar-refractivity contribution in [1.29, 1.82) is 0 Å². The van der Waals surface area contributed by atoms with E-state index < -0.39 is 5.97 Å². The average Bonchev–Trinajstić information content (AvgIpc) is 3.79. The van der Waals surface area contributed by atoms with Crippen LogP contribution in [0.3, 0.4) is 0 Å². The third-order valence-electron chi connectivity index (χ3n) is 10.0. The molecule has 6 rings (SSSR count). The van der Waals surface area contributed by atoms with E-state index in [1.165, 1.54) is 18.4 Å². The Kier molecular flexibility index (Phi) is 9.01. The number of aliphatic imine (C=N–C) groups is 3. The number of ether oxygens (including phenoxy) is 1.